The molecule has 0 aliphatic carbocycles. The molecule has 2 aromatic carbocycles. The van der Waals surface area contributed by atoms with E-state index in [9.17, 15) is 22.4 Å². The van der Waals surface area contributed by atoms with Crippen molar-refractivity contribution in [1.82, 2.24) is 4.98 Å². The van der Waals surface area contributed by atoms with Gasteiger partial charge >= 0.3 is 0 Å². The summed E-state index contributed by atoms with van der Waals surface area (Å²) in [5.41, 5.74) is 1.80. The molecule has 0 radical (unpaired) electrons. The maximum Gasteiger partial charge on any atom is 0.293 e. The topological polar surface area (TPSA) is 64.4 Å². The maximum atomic E-state index is 13.6. The standard InChI is InChI=1S/C20H12F4N2O3S/c1-9-2-4-13-15(6-9)30-20(25-13)26-19(27)14-5-3-10(29-14)8-28-18-16(23)11(21)7-12(22)17(18)24/h2-7H,8H2,1H3,(H,25,26,27). The average Bonchev–Trinajstić information content (AvgIpc) is 3.32. The minimum absolute atomic E-state index is 0.0172. The number of furan rings is 1. The molecule has 2 heterocycles. The Hall–Kier alpha value is -3.40. The van der Waals surface area contributed by atoms with Crippen LogP contribution in [0.1, 0.15) is 21.9 Å². The maximum absolute atomic E-state index is 13.6. The van der Waals surface area contributed by atoms with E-state index in [1.807, 2.05) is 25.1 Å². The molecule has 0 saturated carbocycles. The van der Waals surface area contributed by atoms with Gasteiger partial charge in [-0.25, -0.2) is 13.8 Å². The lowest BCUT2D eigenvalue weighted by Gasteiger charge is -2.08. The number of hydrogen-bond acceptors (Lipinski definition) is 5. The third kappa shape index (κ3) is 3.86. The van der Waals surface area contributed by atoms with Gasteiger partial charge in [0.15, 0.2) is 28.3 Å². The van der Waals surface area contributed by atoms with Crippen molar-refractivity contribution < 1.29 is 31.5 Å². The van der Waals surface area contributed by atoms with E-state index >= 15 is 0 Å². The number of amides is 1. The molecule has 1 amide bonds. The van der Waals surface area contributed by atoms with Crippen molar-refractivity contribution in [2.45, 2.75) is 13.5 Å². The van der Waals surface area contributed by atoms with Crippen molar-refractivity contribution in [2.24, 2.45) is 0 Å². The number of fused-ring (bicyclic) bond motifs is 1. The van der Waals surface area contributed by atoms with E-state index in [2.05, 4.69) is 10.3 Å². The van der Waals surface area contributed by atoms with E-state index in [-0.39, 0.29) is 17.6 Å². The number of anilines is 1. The Bertz CT molecular complexity index is 1240. The third-order valence-electron chi connectivity index (χ3n) is 4.08. The highest BCUT2D eigenvalue weighted by Gasteiger charge is 2.21. The number of aryl methyl sites for hydroxylation is 1. The van der Waals surface area contributed by atoms with E-state index < -0.39 is 41.5 Å². The molecule has 154 valence electrons. The Morgan fingerprint density at radius 2 is 1.83 bits per heavy atom. The number of rotatable bonds is 5. The second kappa shape index (κ2) is 7.79. The van der Waals surface area contributed by atoms with Gasteiger partial charge in [-0.2, -0.15) is 8.78 Å². The highest BCUT2D eigenvalue weighted by Crippen LogP contribution is 2.28. The summed E-state index contributed by atoms with van der Waals surface area (Å²) in [6.45, 7) is 1.39. The molecule has 0 aliphatic rings. The molecular weight excluding hydrogens is 424 g/mol. The first-order chi connectivity index (χ1) is 14.3. The van der Waals surface area contributed by atoms with Crippen molar-refractivity contribution in [3.05, 3.63) is 76.8 Å². The fourth-order valence-electron chi connectivity index (χ4n) is 2.64. The first-order valence-electron chi connectivity index (χ1n) is 8.55. The van der Waals surface area contributed by atoms with Crippen LogP contribution in [0.3, 0.4) is 0 Å². The van der Waals surface area contributed by atoms with Crippen LogP contribution in [-0.2, 0) is 6.61 Å². The largest absolute Gasteiger partial charge is 0.479 e. The summed E-state index contributed by atoms with van der Waals surface area (Å²) in [4.78, 5) is 16.6. The Kier molecular flexibility index (Phi) is 5.17. The van der Waals surface area contributed by atoms with Gasteiger partial charge in [-0.15, -0.1) is 0 Å². The predicted octanol–water partition coefficient (Wildman–Crippen LogP) is 5.59. The van der Waals surface area contributed by atoms with Gasteiger partial charge in [0.05, 0.1) is 10.2 Å². The van der Waals surface area contributed by atoms with Gasteiger partial charge in [-0.1, -0.05) is 17.4 Å². The number of aromatic nitrogens is 1. The van der Waals surface area contributed by atoms with Crippen LogP contribution in [0.5, 0.6) is 5.75 Å². The van der Waals surface area contributed by atoms with E-state index in [1.54, 1.807) is 0 Å². The summed E-state index contributed by atoms with van der Waals surface area (Å²) in [5.74, 6) is -8.39. The molecule has 2 aromatic heterocycles. The molecular formula is C20H12F4N2O3S. The Balaban J connectivity index is 1.45. The number of nitrogens with one attached hydrogen (secondary N) is 1. The van der Waals surface area contributed by atoms with Crippen LogP contribution in [0.4, 0.5) is 22.7 Å². The number of ether oxygens (including phenoxy) is 1. The van der Waals surface area contributed by atoms with Crippen molar-refractivity contribution >= 4 is 32.6 Å². The molecule has 0 spiro atoms. The normalized spacial score (nSPS) is 11.1. The zero-order valence-corrected chi connectivity index (χ0v) is 16.1. The molecule has 1 N–H and O–H groups in total. The Morgan fingerprint density at radius 3 is 2.57 bits per heavy atom. The van der Waals surface area contributed by atoms with Gasteiger partial charge in [-0.3, -0.25) is 10.1 Å². The minimum Gasteiger partial charge on any atom is -0.479 e. The molecule has 0 fully saturated rings. The minimum atomic E-state index is -1.66. The summed E-state index contributed by atoms with van der Waals surface area (Å²) in [6, 6.07) is 8.43. The molecule has 4 aromatic rings. The smallest absolute Gasteiger partial charge is 0.293 e. The zero-order chi connectivity index (χ0) is 21.4. The molecule has 0 bridgehead atoms. The van der Waals surface area contributed by atoms with Crippen LogP contribution in [0.15, 0.2) is 40.8 Å². The molecule has 0 atom stereocenters. The van der Waals surface area contributed by atoms with Crippen LogP contribution >= 0.6 is 11.3 Å². The van der Waals surface area contributed by atoms with Crippen LogP contribution < -0.4 is 10.1 Å². The lowest BCUT2D eigenvalue weighted by atomic mass is 10.2. The zero-order valence-electron chi connectivity index (χ0n) is 15.3. The highest BCUT2D eigenvalue weighted by atomic mass is 32.1. The highest BCUT2D eigenvalue weighted by molar-refractivity contribution is 7.22. The number of thiazole rings is 1. The van der Waals surface area contributed by atoms with Gasteiger partial charge in [0.1, 0.15) is 12.4 Å². The number of carbonyl (C=O) groups is 1. The molecule has 10 heteroatoms. The van der Waals surface area contributed by atoms with E-state index in [1.165, 1.54) is 23.5 Å². The summed E-state index contributed by atoms with van der Waals surface area (Å²) in [6.07, 6.45) is 0. The quantitative estimate of drug-likeness (QED) is 0.327. The number of halogens is 4. The van der Waals surface area contributed by atoms with Gasteiger partial charge in [0, 0.05) is 6.07 Å². The second-order valence-electron chi connectivity index (χ2n) is 6.30. The fourth-order valence-corrected chi connectivity index (χ4v) is 3.60. The Labute approximate surface area is 170 Å². The first kappa shape index (κ1) is 19.9. The van der Waals surface area contributed by atoms with Crippen molar-refractivity contribution in [1.29, 1.82) is 0 Å². The summed E-state index contributed by atoms with van der Waals surface area (Å²) in [7, 11) is 0. The van der Waals surface area contributed by atoms with E-state index in [0.29, 0.717) is 5.13 Å². The summed E-state index contributed by atoms with van der Waals surface area (Å²) in [5, 5.41) is 2.97. The van der Waals surface area contributed by atoms with Gasteiger partial charge < -0.3 is 9.15 Å². The number of benzene rings is 2. The molecule has 0 unspecified atom stereocenters. The van der Waals surface area contributed by atoms with Crippen LogP contribution in [-0.4, -0.2) is 10.9 Å². The summed E-state index contributed by atoms with van der Waals surface area (Å²) >= 11 is 1.29. The lowest BCUT2D eigenvalue weighted by Crippen LogP contribution is -2.10. The van der Waals surface area contributed by atoms with Crippen LogP contribution in [0, 0.1) is 30.2 Å². The van der Waals surface area contributed by atoms with E-state index in [4.69, 9.17) is 9.15 Å². The van der Waals surface area contributed by atoms with Crippen molar-refractivity contribution in [3.8, 4) is 5.75 Å². The molecule has 30 heavy (non-hydrogen) atoms. The number of carbonyl (C=O) groups excluding carboxylic acids is 1. The fraction of sp³-hybridized carbons (Fsp3) is 0.100. The van der Waals surface area contributed by atoms with Crippen LogP contribution in [0.2, 0.25) is 0 Å². The van der Waals surface area contributed by atoms with Gasteiger partial charge in [0.2, 0.25) is 11.6 Å². The van der Waals surface area contributed by atoms with Crippen LogP contribution in [0.25, 0.3) is 10.2 Å². The molecule has 0 saturated heterocycles. The SMILES string of the molecule is Cc1ccc2nc(NC(=O)c3ccc(COc4c(F)c(F)cc(F)c4F)o3)sc2c1. The first-order valence-corrected chi connectivity index (χ1v) is 9.36. The Morgan fingerprint density at radius 1 is 1.10 bits per heavy atom. The second-order valence-corrected chi connectivity index (χ2v) is 7.33. The van der Waals surface area contributed by atoms with Gasteiger partial charge in [-0.05, 0) is 36.8 Å². The van der Waals surface area contributed by atoms with Crippen molar-refractivity contribution in [2.75, 3.05) is 5.32 Å². The monoisotopic (exact) mass is 436 g/mol. The van der Waals surface area contributed by atoms with Gasteiger partial charge in [0.25, 0.3) is 5.91 Å². The number of hydrogen-bond donors (Lipinski definition) is 1. The number of nitrogens with zero attached hydrogens (tertiary/aromatic N) is 1. The van der Waals surface area contributed by atoms with E-state index in [0.717, 1.165) is 15.8 Å². The van der Waals surface area contributed by atoms with Crippen molar-refractivity contribution in [3.63, 3.8) is 0 Å². The predicted molar refractivity (Wildman–Crippen MR) is 102 cm³/mol. The molecule has 4 rings (SSSR count). The molecule has 5 nitrogen and oxygen atoms in total. The third-order valence-corrected chi connectivity index (χ3v) is 5.01. The lowest BCUT2D eigenvalue weighted by molar-refractivity contribution is 0.0992. The summed E-state index contributed by atoms with van der Waals surface area (Å²) < 4.78 is 64.7. The average molecular weight is 436 g/mol. The molecule has 0 aliphatic heterocycles.